The molecule has 0 bridgehead atoms. The van der Waals surface area contributed by atoms with Gasteiger partial charge >= 0.3 is 0 Å². The molecular weight excluding hydrogens is 321 g/mol. The van der Waals surface area contributed by atoms with E-state index < -0.39 is 0 Å². The Morgan fingerprint density at radius 3 is 2.67 bits per heavy atom. The Labute approximate surface area is 111 Å². The van der Waals surface area contributed by atoms with Gasteiger partial charge in [-0.05, 0) is 6.07 Å². The van der Waals surface area contributed by atoms with Crippen molar-refractivity contribution in [3.05, 3.63) is 20.3 Å². The van der Waals surface area contributed by atoms with Gasteiger partial charge in [-0.15, -0.1) is 11.3 Å². The van der Waals surface area contributed by atoms with Gasteiger partial charge in [-0.25, -0.2) is 0 Å². The van der Waals surface area contributed by atoms with E-state index in [4.69, 9.17) is 23.2 Å². The number of carbonyl (C=O) groups is 1. The molecule has 0 aromatic carbocycles. The molecule has 0 fully saturated rings. The molecule has 1 unspecified atom stereocenters. The van der Waals surface area contributed by atoms with Crippen molar-refractivity contribution in [3.63, 3.8) is 0 Å². The number of rotatable bonds is 3. The normalized spacial score (nSPS) is 12.6. The smallest absolute Gasteiger partial charge is 0.256 e. The Bertz CT molecular complexity index is 367. The molecule has 0 saturated heterocycles. The van der Waals surface area contributed by atoms with E-state index in [0.717, 1.165) is 0 Å². The van der Waals surface area contributed by atoms with E-state index >= 15 is 0 Å². The third-order valence-corrected chi connectivity index (χ3v) is 3.54. The summed E-state index contributed by atoms with van der Waals surface area (Å²) >= 11 is 16.3. The summed E-state index contributed by atoms with van der Waals surface area (Å²) in [6, 6.07) is 1.60. The zero-order chi connectivity index (χ0) is 11.6. The standard InChI is InChI=1S/C9H10BrCl2NOS/c1-5(10)4-13(2)9(14)6-3-7(11)15-8(6)12/h3,5H,4H2,1-2H3. The molecule has 1 heterocycles. The summed E-state index contributed by atoms with van der Waals surface area (Å²) in [5, 5.41) is 0. The maximum atomic E-state index is 11.9. The van der Waals surface area contributed by atoms with Crippen molar-refractivity contribution in [2.45, 2.75) is 11.8 Å². The second-order valence-electron chi connectivity index (χ2n) is 3.20. The summed E-state index contributed by atoms with van der Waals surface area (Å²) in [5.41, 5.74) is 0.474. The van der Waals surface area contributed by atoms with Crippen LogP contribution in [0.4, 0.5) is 0 Å². The first-order chi connectivity index (χ1) is 6.91. The molecule has 0 spiro atoms. The van der Waals surface area contributed by atoms with Crippen LogP contribution in [0.1, 0.15) is 17.3 Å². The van der Waals surface area contributed by atoms with Gasteiger partial charge in [0.1, 0.15) is 4.34 Å². The van der Waals surface area contributed by atoms with Crippen molar-refractivity contribution in [2.75, 3.05) is 13.6 Å². The Hall–Kier alpha value is 0.230. The highest BCUT2D eigenvalue weighted by Crippen LogP contribution is 2.31. The first-order valence-electron chi connectivity index (χ1n) is 4.26. The maximum absolute atomic E-state index is 11.9. The van der Waals surface area contributed by atoms with Gasteiger partial charge in [0.05, 0.1) is 9.90 Å². The van der Waals surface area contributed by atoms with Crippen molar-refractivity contribution >= 4 is 56.4 Å². The fourth-order valence-electron chi connectivity index (χ4n) is 1.15. The molecule has 0 saturated carbocycles. The van der Waals surface area contributed by atoms with Gasteiger partial charge in [-0.1, -0.05) is 46.1 Å². The van der Waals surface area contributed by atoms with Crippen LogP contribution in [0.25, 0.3) is 0 Å². The summed E-state index contributed by atoms with van der Waals surface area (Å²) in [4.78, 5) is 13.7. The number of hydrogen-bond acceptors (Lipinski definition) is 2. The van der Waals surface area contributed by atoms with Gasteiger partial charge in [0.25, 0.3) is 5.91 Å². The first kappa shape index (κ1) is 13.3. The summed E-state index contributed by atoms with van der Waals surface area (Å²) < 4.78 is 0.975. The number of carbonyl (C=O) groups excluding carboxylic acids is 1. The van der Waals surface area contributed by atoms with Crippen molar-refractivity contribution in [3.8, 4) is 0 Å². The van der Waals surface area contributed by atoms with Gasteiger partial charge in [-0.3, -0.25) is 4.79 Å². The van der Waals surface area contributed by atoms with E-state index in [1.807, 2.05) is 6.92 Å². The lowest BCUT2D eigenvalue weighted by Gasteiger charge is -2.18. The molecule has 0 aliphatic carbocycles. The summed E-state index contributed by atoms with van der Waals surface area (Å²) in [7, 11) is 1.74. The van der Waals surface area contributed by atoms with E-state index in [1.54, 1.807) is 18.0 Å². The topological polar surface area (TPSA) is 20.3 Å². The Morgan fingerprint density at radius 1 is 1.67 bits per heavy atom. The van der Waals surface area contributed by atoms with Gasteiger partial charge in [0, 0.05) is 18.4 Å². The maximum Gasteiger partial charge on any atom is 0.256 e. The van der Waals surface area contributed by atoms with Crippen LogP contribution in [-0.4, -0.2) is 29.2 Å². The van der Waals surface area contributed by atoms with Gasteiger partial charge in [0.15, 0.2) is 0 Å². The van der Waals surface area contributed by atoms with Crippen molar-refractivity contribution in [1.29, 1.82) is 0 Å². The SMILES string of the molecule is CC(Br)CN(C)C(=O)c1cc(Cl)sc1Cl. The third-order valence-electron chi connectivity index (χ3n) is 1.76. The van der Waals surface area contributed by atoms with Crippen LogP contribution in [0.2, 0.25) is 8.67 Å². The zero-order valence-corrected chi connectivity index (χ0v) is 12.2. The zero-order valence-electron chi connectivity index (χ0n) is 8.26. The molecule has 0 N–H and O–H groups in total. The minimum atomic E-state index is -0.102. The fraction of sp³-hybridized carbons (Fsp3) is 0.444. The molecule has 2 nitrogen and oxygen atoms in total. The Kier molecular flexibility index (Phi) is 4.90. The number of halogens is 3. The highest BCUT2D eigenvalue weighted by atomic mass is 79.9. The fourth-order valence-corrected chi connectivity index (χ4v) is 3.03. The largest absolute Gasteiger partial charge is 0.341 e. The van der Waals surface area contributed by atoms with E-state index in [2.05, 4.69) is 15.9 Å². The molecule has 1 atom stereocenters. The van der Waals surface area contributed by atoms with Crippen LogP contribution in [0.15, 0.2) is 6.07 Å². The monoisotopic (exact) mass is 329 g/mol. The minimum Gasteiger partial charge on any atom is -0.341 e. The number of nitrogens with zero attached hydrogens (tertiary/aromatic N) is 1. The van der Waals surface area contributed by atoms with E-state index in [-0.39, 0.29) is 10.7 Å². The molecule has 1 aromatic heterocycles. The molecule has 6 heteroatoms. The third kappa shape index (κ3) is 3.63. The highest BCUT2D eigenvalue weighted by molar-refractivity contribution is 9.09. The van der Waals surface area contributed by atoms with Crippen molar-refractivity contribution in [2.24, 2.45) is 0 Å². The Balaban J connectivity index is 2.80. The number of alkyl halides is 1. The average molecular weight is 331 g/mol. The van der Waals surface area contributed by atoms with E-state index in [1.165, 1.54) is 11.3 Å². The van der Waals surface area contributed by atoms with E-state index in [9.17, 15) is 4.79 Å². The molecule has 84 valence electrons. The van der Waals surface area contributed by atoms with Crippen LogP contribution in [0, 0.1) is 0 Å². The van der Waals surface area contributed by atoms with Gasteiger partial charge in [-0.2, -0.15) is 0 Å². The summed E-state index contributed by atoms with van der Waals surface area (Å²) in [5.74, 6) is -0.102. The predicted octanol–water partition coefficient (Wildman–Crippen LogP) is 3.91. The number of thiophene rings is 1. The lowest BCUT2D eigenvalue weighted by atomic mass is 10.3. The van der Waals surface area contributed by atoms with Crippen molar-refractivity contribution in [1.82, 2.24) is 4.90 Å². The lowest BCUT2D eigenvalue weighted by molar-refractivity contribution is 0.0798. The molecule has 0 radical (unpaired) electrons. The molecule has 0 aliphatic rings. The quantitative estimate of drug-likeness (QED) is 0.769. The van der Waals surface area contributed by atoms with Gasteiger partial charge in [0.2, 0.25) is 0 Å². The first-order valence-corrected chi connectivity index (χ1v) is 6.75. The predicted molar refractivity (Wildman–Crippen MR) is 69.7 cm³/mol. The minimum absolute atomic E-state index is 0.102. The number of hydrogen-bond donors (Lipinski definition) is 0. The van der Waals surface area contributed by atoms with Crippen LogP contribution < -0.4 is 0 Å². The Morgan fingerprint density at radius 2 is 2.27 bits per heavy atom. The molecule has 1 rings (SSSR count). The molecule has 0 aliphatic heterocycles. The summed E-state index contributed by atoms with van der Waals surface area (Å²) in [6.45, 7) is 2.61. The summed E-state index contributed by atoms with van der Waals surface area (Å²) in [6.07, 6.45) is 0. The van der Waals surface area contributed by atoms with E-state index in [0.29, 0.717) is 20.8 Å². The van der Waals surface area contributed by atoms with Crippen LogP contribution in [0.3, 0.4) is 0 Å². The lowest BCUT2D eigenvalue weighted by Crippen LogP contribution is -2.31. The molecule has 1 amide bonds. The molecular formula is C9H10BrCl2NOS. The second-order valence-corrected chi connectivity index (χ2v) is 7.05. The molecule has 15 heavy (non-hydrogen) atoms. The van der Waals surface area contributed by atoms with Gasteiger partial charge < -0.3 is 4.90 Å². The van der Waals surface area contributed by atoms with Crippen molar-refractivity contribution < 1.29 is 4.79 Å². The molecule has 1 aromatic rings. The van der Waals surface area contributed by atoms with Crippen LogP contribution in [0.5, 0.6) is 0 Å². The van der Waals surface area contributed by atoms with Crippen LogP contribution >= 0.6 is 50.5 Å². The number of amides is 1. The second kappa shape index (κ2) is 5.53. The van der Waals surface area contributed by atoms with Crippen LogP contribution in [-0.2, 0) is 0 Å². The highest BCUT2D eigenvalue weighted by Gasteiger charge is 2.18. The average Bonchev–Trinajstić information content (AvgIpc) is 2.42.